The Morgan fingerprint density at radius 1 is 1.00 bits per heavy atom. The van der Waals surface area contributed by atoms with Crippen LogP contribution < -0.4 is 14.8 Å². The molecule has 2 aromatic carbocycles. The van der Waals surface area contributed by atoms with Crippen LogP contribution in [0.4, 0.5) is 5.69 Å². The zero-order valence-corrected chi connectivity index (χ0v) is 16.4. The Balaban J connectivity index is 1.83. The molecule has 0 heterocycles. The van der Waals surface area contributed by atoms with E-state index in [0.29, 0.717) is 24.7 Å². The summed E-state index contributed by atoms with van der Waals surface area (Å²) in [7, 11) is 0. The van der Waals surface area contributed by atoms with E-state index < -0.39 is 0 Å². The minimum absolute atomic E-state index is 0.0566. The van der Waals surface area contributed by atoms with Crippen molar-refractivity contribution in [3.63, 3.8) is 0 Å². The summed E-state index contributed by atoms with van der Waals surface area (Å²) in [6.45, 7) is 7.77. The molecule has 1 N–H and O–H groups in total. The molecule has 4 heteroatoms. The summed E-state index contributed by atoms with van der Waals surface area (Å²) in [6.07, 6.45) is 5.24. The molecule has 0 saturated carbocycles. The molecule has 0 aliphatic rings. The van der Waals surface area contributed by atoms with Crippen molar-refractivity contribution in [1.29, 1.82) is 0 Å². The van der Waals surface area contributed by atoms with Gasteiger partial charge in [-0.3, -0.25) is 4.79 Å². The highest BCUT2D eigenvalue weighted by Crippen LogP contribution is 2.17. The van der Waals surface area contributed by atoms with E-state index in [2.05, 4.69) is 26.1 Å². The van der Waals surface area contributed by atoms with Crippen LogP contribution in [-0.4, -0.2) is 19.0 Å². The first kappa shape index (κ1) is 20.6. The van der Waals surface area contributed by atoms with Crippen LogP contribution in [0.1, 0.15) is 44.0 Å². The van der Waals surface area contributed by atoms with E-state index in [4.69, 9.17) is 9.47 Å². The summed E-state index contributed by atoms with van der Waals surface area (Å²) in [5, 5.41) is 3.10. The molecule has 0 spiro atoms. The molecule has 2 aromatic rings. The van der Waals surface area contributed by atoms with E-state index in [1.165, 1.54) is 6.08 Å². The number of rotatable bonds is 11. The highest BCUT2D eigenvalue weighted by molar-refractivity contribution is 6.04. The third-order valence-corrected chi connectivity index (χ3v) is 4.18. The van der Waals surface area contributed by atoms with Crippen molar-refractivity contribution < 1.29 is 14.3 Å². The minimum atomic E-state index is -0.0566. The first-order valence-electron chi connectivity index (χ1n) is 9.55. The van der Waals surface area contributed by atoms with Crippen LogP contribution >= 0.6 is 0 Å². The molecule has 0 unspecified atom stereocenters. The van der Waals surface area contributed by atoms with Gasteiger partial charge in [-0.2, -0.15) is 0 Å². The first-order valence-corrected chi connectivity index (χ1v) is 9.55. The second-order valence-corrected chi connectivity index (χ2v) is 6.56. The van der Waals surface area contributed by atoms with Crippen LogP contribution in [0.3, 0.4) is 0 Å². The van der Waals surface area contributed by atoms with E-state index in [1.807, 2.05) is 36.4 Å². The van der Waals surface area contributed by atoms with Gasteiger partial charge in [0.1, 0.15) is 11.5 Å². The van der Waals surface area contributed by atoms with Gasteiger partial charge in [-0.25, -0.2) is 0 Å². The number of hydrogen-bond acceptors (Lipinski definition) is 4. The molecule has 0 aliphatic carbocycles. The Hall–Kier alpha value is -2.75. The van der Waals surface area contributed by atoms with Gasteiger partial charge in [0, 0.05) is 23.5 Å². The first-order chi connectivity index (χ1) is 13.1. The van der Waals surface area contributed by atoms with Gasteiger partial charge in [0.2, 0.25) is 0 Å². The number of anilines is 1. The molecule has 0 radical (unpaired) electrons. The molecular formula is C23H29NO3. The standard InChI is InChI=1S/C23H29NO3/c1-4-16-26-21-12-8-20(9-13-21)24-15-14-23(25)19-6-10-22(11-7-19)27-17-18(3)5-2/h6-15,18,24H,4-5,16-17H2,1-3H3/b15-14+/t18-/m1/s1. The molecule has 0 saturated heterocycles. The van der Waals surface area contributed by atoms with E-state index in [1.54, 1.807) is 18.3 Å². The van der Waals surface area contributed by atoms with Gasteiger partial charge in [0.05, 0.1) is 13.2 Å². The average Bonchev–Trinajstić information content (AvgIpc) is 2.71. The van der Waals surface area contributed by atoms with Crippen LogP contribution in [0.15, 0.2) is 60.8 Å². The summed E-state index contributed by atoms with van der Waals surface area (Å²) in [5.74, 6) is 2.10. The quantitative estimate of drug-likeness (QED) is 0.408. The van der Waals surface area contributed by atoms with Crippen LogP contribution in [0.25, 0.3) is 0 Å². The van der Waals surface area contributed by atoms with Gasteiger partial charge < -0.3 is 14.8 Å². The van der Waals surface area contributed by atoms with Gasteiger partial charge in [-0.05, 0) is 60.9 Å². The number of allylic oxidation sites excluding steroid dienone is 1. The minimum Gasteiger partial charge on any atom is -0.494 e. The molecule has 0 bridgehead atoms. The number of carbonyl (C=O) groups is 1. The van der Waals surface area contributed by atoms with Gasteiger partial charge in [-0.1, -0.05) is 27.2 Å². The van der Waals surface area contributed by atoms with Crippen molar-refractivity contribution in [2.24, 2.45) is 5.92 Å². The average molecular weight is 367 g/mol. The lowest BCUT2D eigenvalue weighted by Crippen LogP contribution is -2.07. The molecule has 0 aliphatic heterocycles. The van der Waals surface area contributed by atoms with Gasteiger partial charge in [0.15, 0.2) is 5.78 Å². The highest BCUT2D eigenvalue weighted by Gasteiger charge is 2.04. The summed E-state index contributed by atoms with van der Waals surface area (Å²) < 4.78 is 11.3. The van der Waals surface area contributed by atoms with Crippen molar-refractivity contribution in [2.75, 3.05) is 18.5 Å². The highest BCUT2D eigenvalue weighted by atomic mass is 16.5. The van der Waals surface area contributed by atoms with Crippen molar-refractivity contribution in [2.45, 2.75) is 33.6 Å². The van der Waals surface area contributed by atoms with E-state index in [0.717, 1.165) is 30.0 Å². The summed E-state index contributed by atoms with van der Waals surface area (Å²) >= 11 is 0. The Morgan fingerprint density at radius 3 is 2.26 bits per heavy atom. The maximum absolute atomic E-state index is 12.2. The number of hydrogen-bond donors (Lipinski definition) is 1. The lowest BCUT2D eigenvalue weighted by atomic mass is 10.1. The lowest BCUT2D eigenvalue weighted by Gasteiger charge is -2.10. The van der Waals surface area contributed by atoms with Crippen LogP contribution in [-0.2, 0) is 0 Å². The SMILES string of the molecule is CCCOc1ccc(N/C=C/C(=O)c2ccc(OC[C@H](C)CC)cc2)cc1. The predicted molar refractivity (Wildman–Crippen MR) is 111 cm³/mol. The van der Waals surface area contributed by atoms with Crippen LogP contribution in [0.5, 0.6) is 11.5 Å². The normalized spacial score (nSPS) is 12.0. The van der Waals surface area contributed by atoms with Crippen molar-refractivity contribution >= 4 is 11.5 Å². The Morgan fingerprint density at radius 2 is 1.63 bits per heavy atom. The predicted octanol–water partition coefficient (Wildman–Crippen LogP) is 5.71. The largest absolute Gasteiger partial charge is 0.494 e. The van der Waals surface area contributed by atoms with E-state index in [-0.39, 0.29) is 5.78 Å². The monoisotopic (exact) mass is 367 g/mol. The topological polar surface area (TPSA) is 47.6 Å². The van der Waals surface area contributed by atoms with Crippen molar-refractivity contribution in [3.05, 3.63) is 66.4 Å². The molecular weight excluding hydrogens is 338 g/mol. The summed E-state index contributed by atoms with van der Waals surface area (Å²) in [4.78, 5) is 12.2. The molecule has 4 nitrogen and oxygen atoms in total. The van der Waals surface area contributed by atoms with E-state index >= 15 is 0 Å². The fourth-order valence-corrected chi connectivity index (χ4v) is 2.25. The molecule has 2 rings (SSSR count). The smallest absolute Gasteiger partial charge is 0.187 e. The Labute approximate surface area is 162 Å². The second kappa shape index (κ2) is 11.1. The lowest BCUT2D eigenvalue weighted by molar-refractivity contribution is 0.104. The van der Waals surface area contributed by atoms with Crippen LogP contribution in [0.2, 0.25) is 0 Å². The van der Waals surface area contributed by atoms with Crippen molar-refractivity contribution in [1.82, 2.24) is 0 Å². The number of ether oxygens (including phenoxy) is 2. The Bertz CT molecular complexity index is 720. The van der Waals surface area contributed by atoms with Gasteiger partial charge in [-0.15, -0.1) is 0 Å². The maximum atomic E-state index is 12.2. The number of ketones is 1. The summed E-state index contributed by atoms with van der Waals surface area (Å²) in [5.41, 5.74) is 1.53. The molecule has 27 heavy (non-hydrogen) atoms. The second-order valence-electron chi connectivity index (χ2n) is 6.56. The Kier molecular flexibility index (Phi) is 8.43. The van der Waals surface area contributed by atoms with E-state index in [9.17, 15) is 4.79 Å². The van der Waals surface area contributed by atoms with Gasteiger partial charge >= 0.3 is 0 Å². The number of carbonyl (C=O) groups excluding carboxylic acids is 1. The maximum Gasteiger partial charge on any atom is 0.187 e. The van der Waals surface area contributed by atoms with Crippen LogP contribution in [0, 0.1) is 5.92 Å². The number of nitrogens with one attached hydrogen (secondary N) is 1. The molecule has 144 valence electrons. The number of benzene rings is 2. The van der Waals surface area contributed by atoms with Crippen molar-refractivity contribution in [3.8, 4) is 11.5 Å². The molecule has 0 amide bonds. The zero-order valence-electron chi connectivity index (χ0n) is 16.4. The molecule has 0 fully saturated rings. The molecule has 0 aromatic heterocycles. The third kappa shape index (κ3) is 7.18. The third-order valence-electron chi connectivity index (χ3n) is 4.18. The fourth-order valence-electron chi connectivity index (χ4n) is 2.25. The molecule has 1 atom stereocenters. The fraction of sp³-hybridized carbons (Fsp3) is 0.348. The van der Waals surface area contributed by atoms with Gasteiger partial charge in [0.25, 0.3) is 0 Å². The summed E-state index contributed by atoms with van der Waals surface area (Å²) in [6, 6.07) is 14.9. The zero-order chi connectivity index (χ0) is 19.5.